The fourth-order valence-electron chi connectivity index (χ4n) is 8.29. The summed E-state index contributed by atoms with van der Waals surface area (Å²) in [4.78, 5) is 39.9. The van der Waals surface area contributed by atoms with E-state index in [0.717, 1.165) is 87.5 Å². The number of rotatable bonds is 6. The number of hydrogen-bond donors (Lipinski definition) is 0. The molecule has 4 heterocycles. The average molecular weight is 767 g/mol. The first kappa shape index (κ1) is 33.7. The van der Waals surface area contributed by atoms with Crippen LogP contribution in [0.25, 0.3) is 122 Å². The van der Waals surface area contributed by atoms with E-state index < -0.39 is 0 Å². The molecule has 8 aromatic carbocycles. The summed E-state index contributed by atoms with van der Waals surface area (Å²) >= 11 is 0. The summed E-state index contributed by atoms with van der Waals surface area (Å²) in [7, 11) is 0. The molecular formula is C52H30N8. The van der Waals surface area contributed by atoms with E-state index in [1.807, 2.05) is 84.9 Å². The summed E-state index contributed by atoms with van der Waals surface area (Å²) in [6.07, 6.45) is 3.61. The van der Waals surface area contributed by atoms with Crippen LogP contribution in [-0.2, 0) is 0 Å². The van der Waals surface area contributed by atoms with Crippen molar-refractivity contribution in [1.82, 2.24) is 39.9 Å². The molecule has 0 amide bonds. The lowest BCUT2D eigenvalue weighted by atomic mass is 9.89. The molecule has 8 nitrogen and oxygen atoms in total. The number of pyridine rings is 2. The Kier molecular flexibility index (Phi) is 7.67. The van der Waals surface area contributed by atoms with Crippen LogP contribution in [0.1, 0.15) is 0 Å². The zero-order valence-corrected chi connectivity index (χ0v) is 31.9. The Morgan fingerprint density at radius 2 is 0.650 bits per heavy atom. The van der Waals surface area contributed by atoms with Gasteiger partial charge in [-0.25, -0.2) is 29.9 Å². The van der Waals surface area contributed by atoms with Gasteiger partial charge < -0.3 is 0 Å². The van der Waals surface area contributed by atoms with Gasteiger partial charge >= 0.3 is 0 Å². The molecule has 0 radical (unpaired) electrons. The minimum Gasteiger partial charge on any atom is -0.256 e. The molecule has 8 heteroatoms. The van der Waals surface area contributed by atoms with E-state index in [9.17, 15) is 0 Å². The van der Waals surface area contributed by atoms with Gasteiger partial charge in [0.1, 0.15) is 0 Å². The van der Waals surface area contributed by atoms with Crippen molar-refractivity contribution in [3.05, 3.63) is 182 Å². The molecule has 278 valence electrons. The lowest BCUT2D eigenvalue weighted by molar-refractivity contribution is 1.08. The largest absolute Gasteiger partial charge is 0.256 e. The third-order valence-corrected chi connectivity index (χ3v) is 11.2. The Morgan fingerprint density at radius 1 is 0.267 bits per heavy atom. The van der Waals surface area contributed by atoms with E-state index in [1.54, 1.807) is 12.4 Å². The highest BCUT2D eigenvalue weighted by Crippen LogP contribution is 2.42. The summed E-state index contributed by atoms with van der Waals surface area (Å²) in [6.45, 7) is 0. The lowest BCUT2D eigenvalue weighted by Crippen LogP contribution is -2.01. The Labute approximate surface area is 343 Å². The van der Waals surface area contributed by atoms with Crippen LogP contribution in [0, 0.1) is 0 Å². The van der Waals surface area contributed by atoms with Crippen LogP contribution >= 0.6 is 0 Å². The van der Waals surface area contributed by atoms with Gasteiger partial charge in [-0.1, -0.05) is 133 Å². The molecule has 12 rings (SSSR count). The monoisotopic (exact) mass is 766 g/mol. The minimum absolute atomic E-state index is 0.585. The summed E-state index contributed by atoms with van der Waals surface area (Å²) < 4.78 is 0. The topological polar surface area (TPSA) is 103 Å². The molecule has 0 spiro atoms. The van der Waals surface area contributed by atoms with Crippen LogP contribution in [0.3, 0.4) is 0 Å². The molecule has 0 saturated carbocycles. The van der Waals surface area contributed by atoms with Gasteiger partial charge in [-0.15, -0.1) is 0 Å². The number of aromatic nitrogens is 8. The Bertz CT molecular complexity index is 3370. The fraction of sp³-hybridized carbons (Fsp3) is 0. The number of fused-ring (bicyclic) bond motifs is 2. The number of nitrogens with zero attached hydrogens (tertiary/aromatic N) is 8. The van der Waals surface area contributed by atoms with Gasteiger partial charge in [0, 0.05) is 56.5 Å². The molecule has 60 heavy (non-hydrogen) atoms. The minimum atomic E-state index is 0.585. The van der Waals surface area contributed by atoms with Gasteiger partial charge in [0.2, 0.25) is 0 Å². The van der Waals surface area contributed by atoms with Crippen LogP contribution < -0.4 is 0 Å². The average Bonchev–Trinajstić information content (AvgIpc) is 3.33. The number of hydrogen-bond acceptors (Lipinski definition) is 8. The van der Waals surface area contributed by atoms with Gasteiger partial charge in [0.25, 0.3) is 0 Å². The highest BCUT2D eigenvalue weighted by Gasteiger charge is 2.20. The van der Waals surface area contributed by atoms with Gasteiger partial charge in [-0.2, -0.15) is 0 Å². The molecule has 0 saturated heterocycles. The highest BCUT2D eigenvalue weighted by atomic mass is 15.0. The second-order valence-corrected chi connectivity index (χ2v) is 14.8. The van der Waals surface area contributed by atoms with E-state index in [0.29, 0.717) is 34.9 Å². The SMILES string of the molecule is c1ccc(-c2nc(-c3ccc4cccnc4c3)nc(-c3ccc4ccc5c(-c6nc(-c7ccccc7)nc(-c7ccc8cccnc8c7)n6)ccc6ccc3c4c65)n2)cc1. The molecule has 0 aliphatic rings. The van der Waals surface area contributed by atoms with Gasteiger partial charge in [-0.05, 0) is 68.7 Å². The second-order valence-electron chi connectivity index (χ2n) is 14.8. The van der Waals surface area contributed by atoms with Crippen molar-refractivity contribution >= 4 is 54.1 Å². The molecule has 0 N–H and O–H groups in total. The fourth-order valence-corrected chi connectivity index (χ4v) is 8.29. The second kappa shape index (κ2) is 13.6. The van der Waals surface area contributed by atoms with Gasteiger partial charge in [-0.3, -0.25) is 9.97 Å². The zero-order chi connectivity index (χ0) is 39.6. The molecule has 4 aromatic heterocycles. The van der Waals surface area contributed by atoms with Crippen molar-refractivity contribution in [3.8, 4) is 68.3 Å². The third kappa shape index (κ3) is 5.69. The summed E-state index contributed by atoms with van der Waals surface area (Å²) in [6, 6.07) is 57.8. The van der Waals surface area contributed by atoms with Crippen molar-refractivity contribution in [2.45, 2.75) is 0 Å². The molecule has 0 atom stereocenters. The van der Waals surface area contributed by atoms with E-state index in [-0.39, 0.29) is 0 Å². The number of benzene rings is 8. The molecule has 12 aromatic rings. The first-order valence-corrected chi connectivity index (χ1v) is 19.7. The Balaban J connectivity index is 1.06. The predicted octanol–water partition coefficient (Wildman–Crippen LogP) is 12.1. The van der Waals surface area contributed by atoms with Crippen LogP contribution in [0.15, 0.2) is 182 Å². The Hall–Kier alpha value is -8.36. The standard InChI is InChI=1S/C52H30N8/c1-3-9-35(10-4-1)47-55-49(37-17-15-31-13-7-27-53-43(31)29-37)59-51(57-47)41-25-21-33-20-24-40-42(26-22-34-19-23-39(41)45(33)46(34)40)52-58-48(36-11-5-2-6-12-36)56-50(60-52)38-18-16-32-14-8-28-54-44(32)30-38/h1-30H. The summed E-state index contributed by atoms with van der Waals surface area (Å²) in [5, 5.41) is 8.69. The van der Waals surface area contributed by atoms with E-state index in [2.05, 4.69) is 94.9 Å². The van der Waals surface area contributed by atoms with E-state index in [1.165, 1.54) is 0 Å². The molecular weight excluding hydrogens is 737 g/mol. The summed E-state index contributed by atoms with van der Waals surface area (Å²) in [5.41, 5.74) is 7.17. The maximum absolute atomic E-state index is 5.17. The molecule has 0 aliphatic heterocycles. The van der Waals surface area contributed by atoms with Crippen molar-refractivity contribution < 1.29 is 0 Å². The zero-order valence-electron chi connectivity index (χ0n) is 31.9. The van der Waals surface area contributed by atoms with Crippen LogP contribution in [0.4, 0.5) is 0 Å². The molecule has 0 fully saturated rings. The normalized spacial score (nSPS) is 11.7. The Morgan fingerprint density at radius 3 is 1.10 bits per heavy atom. The first-order valence-electron chi connectivity index (χ1n) is 19.7. The van der Waals surface area contributed by atoms with E-state index >= 15 is 0 Å². The van der Waals surface area contributed by atoms with Crippen molar-refractivity contribution in [3.63, 3.8) is 0 Å². The smallest absolute Gasteiger partial charge is 0.164 e. The first-order chi connectivity index (χ1) is 29.7. The molecule has 0 bridgehead atoms. The van der Waals surface area contributed by atoms with E-state index in [4.69, 9.17) is 29.9 Å². The molecule has 0 aliphatic carbocycles. The van der Waals surface area contributed by atoms with Gasteiger partial charge in [0.15, 0.2) is 34.9 Å². The summed E-state index contributed by atoms with van der Waals surface area (Å²) in [5.74, 6) is 3.57. The predicted molar refractivity (Wildman–Crippen MR) is 240 cm³/mol. The lowest BCUT2D eigenvalue weighted by Gasteiger charge is -2.16. The maximum Gasteiger partial charge on any atom is 0.164 e. The van der Waals surface area contributed by atoms with Crippen LogP contribution in [0.2, 0.25) is 0 Å². The van der Waals surface area contributed by atoms with Gasteiger partial charge in [0.05, 0.1) is 11.0 Å². The highest BCUT2D eigenvalue weighted by molar-refractivity contribution is 6.27. The van der Waals surface area contributed by atoms with Crippen LogP contribution in [-0.4, -0.2) is 39.9 Å². The third-order valence-electron chi connectivity index (χ3n) is 11.2. The quantitative estimate of drug-likeness (QED) is 0.154. The maximum atomic E-state index is 5.17. The van der Waals surface area contributed by atoms with Crippen molar-refractivity contribution in [2.24, 2.45) is 0 Å². The van der Waals surface area contributed by atoms with Crippen molar-refractivity contribution in [2.75, 3.05) is 0 Å². The van der Waals surface area contributed by atoms with Crippen molar-refractivity contribution in [1.29, 1.82) is 0 Å². The van der Waals surface area contributed by atoms with Crippen LogP contribution in [0.5, 0.6) is 0 Å². The molecule has 0 unspecified atom stereocenters.